The summed E-state index contributed by atoms with van der Waals surface area (Å²) in [5, 5.41) is 17.2. The summed E-state index contributed by atoms with van der Waals surface area (Å²) in [6.45, 7) is 0. The lowest BCUT2D eigenvalue weighted by Crippen LogP contribution is -2.36. The minimum atomic E-state index is -0.947. The number of amides is 2. The fourth-order valence-corrected chi connectivity index (χ4v) is 4.82. The molecule has 1 heterocycles. The molecule has 0 aliphatic heterocycles. The molecule has 1 aromatic carbocycles. The number of benzene rings is 1. The fourth-order valence-electron chi connectivity index (χ4n) is 4.03. The van der Waals surface area contributed by atoms with Gasteiger partial charge in [0.25, 0.3) is 5.91 Å². The second-order valence-corrected chi connectivity index (χ2v) is 8.31. The number of hydrogen-bond acceptors (Lipinski definition) is 4. The van der Waals surface area contributed by atoms with E-state index in [1.807, 2.05) is 12.2 Å². The number of carbonyl (C=O) groups is 3. The second kappa shape index (κ2) is 7.41. The van der Waals surface area contributed by atoms with Crippen molar-refractivity contribution in [1.82, 2.24) is 0 Å². The summed E-state index contributed by atoms with van der Waals surface area (Å²) in [7, 11) is 0. The highest BCUT2D eigenvalue weighted by Gasteiger charge is 2.51. The highest BCUT2D eigenvalue weighted by atomic mass is 35.5. The molecule has 2 aliphatic rings. The van der Waals surface area contributed by atoms with Crippen molar-refractivity contribution >= 4 is 52.1 Å². The van der Waals surface area contributed by atoms with Crippen molar-refractivity contribution in [3.63, 3.8) is 0 Å². The van der Waals surface area contributed by atoms with E-state index in [0.29, 0.717) is 27.7 Å². The molecule has 4 rings (SSSR count). The van der Waals surface area contributed by atoms with Gasteiger partial charge in [0.15, 0.2) is 0 Å². The molecule has 1 fully saturated rings. The number of rotatable bonds is 5. The SMILES string of the molecule is O=C(Nc1cc(NC(=O)[C@H]2[C@@H](C(=O)O)[C@H]3C=C[C@@H]2C3)ccc1Cl)c1cccs1. The van der Waals surface area contributed by atoms with Crippen LogP contribution in [0.4, 0.5) is 11.4 Å². The largest absolute Gasteiger partial charge is 0.481 e. The maximum Gasteiger partial charge on any atom is 0.307 e. The maximum absolute atomic E-state index is 12.8. The van der Waals surface area contributed by atoms with Crippen LogP contribution >= 0.6 is 22.9 Å². The van der Waals surface area contributed by atoms with Crippen LogP contribution in [0.15, 0.2) is 47.9 Å². The molecule has 144 valence electrons. The molecule has 28 heavy (non-hydrogen) atoms. The number of allylic oxidation sites excluding steroid dienone is 2. The zero-order chi connectivity index (χ0) is 19.8. The van der Waals surface area contributed by atoms with E-state index >= 15 is 0 Å². The van der Waals surface area contributed by atoms with Crippen LogP contribution in [0.2, 0.25) is 5.02 Å². The summed E-state index contributed by atoms with van der Waals surface area (Å²) in [5.41, 5.74) is 0.826. The number of anilines is 2. The molecule has 1 saturated carbocycles. The van der Waals surface area contributed by atoms with Crippen molar-refractivity contribution in [1.29, 1.82) is 0 Å². The van der Waals surface area contributed by atoms with Crippen molar-refractivity contribution in [3.8, 4) is 0 Å². The third-order valence-electron chi connectivity index (χ3n) is 5.27. The Balaban J connectivity index is 1.51. The van der Waals surface area contributed by atoms with E-state index < -0.39 is 17.8 Å². The van der Waals surface area contributed by atoms with Crippen LogP contribution in [-0.2, 0) is 9.59 Å². The van der Waals surface area contributed by atoms with Gasteiger partial charge in [-0.3, -0.25) is 14.4 Å². The van der Waals surface area contributed by atoms with Crippen molar-refractivity contribution in [2.45, 2.75) is 6.42 Å². The van der Waals surface area contributed by atoms with E-state index in [1.165, 1.54) is 11.3 Å². The molecule has 0 spiro atoms. The number of carboxylic acids is 1. The Morgan fingerprint density at radius 1 is 1.07 bits per heavy atom. The number of thiophene rings is 1. The minimum Gasteiger partial charge on any atom is -0.481 e. The smallest absolute Gasteiger partial charge is 0.307 e. The predicted octanol–water partition coefficient (Wildman–Crippen LogP) is 4.12. The van der Waals surface area contributed by atoms with Crippen LogP contribution < -0.4 is 10.6 Å². The van der Waals surface area contributed by atoms with Gasteiger partial charge in [-0.1, -0.05) is 29.8 Å². The van der Waals surface area contributed by atoms with Crippen LogP contribution in [0.1, 0.15) is 16.1 Å². The zero-order valence-corrected chi connectivity index (χ0v) is 16.2. The van der Waals surface area contributed by atoms with E-state index in [9.17, 15) is 19.5 Å². The van der Waals surface area contributed by atoms with Gasteiger partial charge in [0.2, 0.25) is 5.91 Å². The second-order valence-electron chi connectivity index (χ2n) is 6.95. The average molecular weight is 417 g/mol. The van der Waals surface area contributed by atoms with E-state index in [0.717, 1.165) is 0 Å². The molecule has 2 aliphatic carbocycles. The minimum absolute atomic E-state index is 0.0589. The van der Waals surface area contributed by atoms with Crippen LogP contribution in [-0.4, -0.2) is 22.9 Å². The van der Waals surface area contributed by atoms with Gasteiger partial charge in [-0.25, -0.2) is 0 Å². The number of aliphatic carboxylic acids is 1. The lowest BCUT2D eigenvalue weighted by Gasteiger charge is -2.24. The number of halogens is 1. The Kier molecular flexibility index (Phi) is 4.95. The van der Waals surface area contributed by atoms with Gasteiger partial charge >= 0.3 is 5.97 Å². The molecular weight excluding hydrogens is 400 g/mol. The number of carboxylic acid groups (broad SMARTS) is 1. The van der Waals surface area contributed by atoms with E-state index in [1.54, 1.807) is 35.7 Å². The normalized spacial score (nSPS) is 24.9. The Hall–Kier alpha value is -2.64. The highest BCUT2D eigenvalue weighted by Crippen LogP contribution is 2.48. The molecule has 6 nitrogen and oxygen atoms in total. The Morgan fingerprint density at radius 3 is 2.50 bits per heavy atom. The van der Waals surface area contributed by atoms with Gasteiger partial charge in [0.1, 0.15) is 0 Å². The number of carbonyl (C=O) groups excluding carboxylic acids is 2. The van der Waals surface area contributed by atoms with Crippen molar-refractivity contribution < 1.29 is 19.5 Å². The topological polar surface area (TPSA) is 95.5 Å². The zero-order valence-electron chi connectivity index (χ0n) is 14.6. The van der Waals surface area contributed by atoms with E-state index in [2.05, 4.69) is 10.6 Å². The fraction of sp³-hybridized carbons (Fsp3) is 0.250. The molecule has 3 N–H and O–H groups in total. The number of nitrogens with one attached hydrogen (secondary N) is 2. The third-order valence-corrected chi connectivity index (χ3v) is 6.47. The molecule has 0 radical (unpaired) electrons. The summed E-state index contributed by atoms with van der Waals surface area (Å²) in [4.78, 5) is 37.2. The standard InChI is InChI=1S/C20H17ClN2O4S/c21-13-6-5-12(9-14(13)23-18(24)15-2-1-7-28-15)22-19(25)16-10-3-4-11(8-10)17(16)20(26)27/h1-7,9-11,16-17H,8H2,(H,22,25)(H,23,24)(H,26,27)/t10-,11+,16-,17+/m1/s1. The van der Waals surface area contributed by atoms with Crippen LogP contribution in [0, 0.1) is 23.7 Å². The molecule has 2 bridgehead atoms. The number of hydrogen-bond donors (Lipinski definition) is 3. The summed E-state index contributed by atoms with van der Waals surface area (Å²) in [5.74, 6) is -3.03. The lowest BCUT2D eigenvalue weighted by molar-refractivity contribution is -0.146. The van der Waals surface area contributed by atoms with E-state index in [4.69, 9.17) is 11.6 Å². The van der Waals surface area contributed by atoms with Crippen molar-refractivity contribution in [2.75, 3.05) is 10.6 Å². The van der Waals surface area contributed by atoms with Crippen molar-refractivity contribution in [3.05, 3.63) is 57.8 Å². The maximum atomic E-state index is 12.8. The monoisotopic (exact) mass is 416 g/mol. The quantitative estimate of drug-likeness (QED) is 0.639. The van der Waals surface area contributed by atoms with E-state index in [-0.39, 0.29) is 23.7 Å². The summed E-state index contributed by atoms with van der Waals surface area (Å²) < 4.78 is 0. The summed E-state index contributed by atoms with van der Waals surface area (Å²) in [6.07, 6.45) is 4.52. The van der Waals surface area contributed by atoms with Gasteiger partial charge in [0, 0.05) is 5.69 Å². The van der Waals surface area contributed by atoms with Crippen molar-refractivity contribution in [2.24, 2.45) is 23.7 Å². The number of fused-ring (bicyclic) bond motifs is 2. The van der Waals surface area contributed by atoms with Crippen LogP contribution in [0.5, 0.6) is 0 Å². The lowest BCUT2D eigenvalue weighted by atomic mass is 9.82. The molecule has 8 heteroatoms. The Labute approximate surface area is 170 Å². The first-order valence-corrected chi connectivity index (χ1v) is 10.1. The third kappa shape index (κ3) is 3.43. The Bertz CT molecular complexity index is 973. The molecule has 4 atom stereocenters. The first kappa shape index (κ1) is 18.7. The van der Waals surface area contributed by atoms with Gasteiger partial charge in [-0.05, 0) is 47.9 Å². The molecule has 2 amide bonds. The average Bonchev–Trinajstić information content (AvgIpc) is 3.40. The van der Waals surface area contributed by atoms with Crippen LogP contribution in [0.3, 0.4) is 0 Å². The van der Waals surface area contributed by atoms with Gasteiger partial charge < -0.3 is 15.7 Å². The van der Waals surface area contributed by atoms with Gasteiger partial charge in [-0.2, -0.15) is 0 Å². The summed E-state index contributed by atoms with van der Waals surface area (Å²) >= 11 is 7.48. The predicted molar refractivity (Wildman–Crippen MR) is 108 cm³/mol. The molecular formula is C20H17ClN2O4S. The molecule has 1 aromatic heterocycles. The Morgan fingerprint density at radius 2 is 1.82 bits per heavy atom. The van der Waals surface area contributed by atoms with Crippen LogP contribution in [0.25, 0.3) is 0 Å². The summed E-state index contributed by atoms with van der Waals surface area (Å²) in [6, 6.07) is 8.26. The highest BCUT2D eigenvalue weighted by molar-refractivity contribution is 7.12. The van der Waals surface area contributed by atoms with Gasteiger partial charge in [0.05, 0.1) is 27.4 Å². The molecule has 2 aromatic rings. The molecule has 0 unspecified atom stereocenters. The first-order chi connectivity index (χ1) is 13.4. The van der Waals surface area contributed by atoms with Gasteiger partial charge in [-0.15, -0.1) is 11.3 Å². The first-order valence-electron chi connectivity index (χ1n) is 8.80. The molecule has 0 saturated heterocycles.